The predicted octanol–water partition coefficient (Wildman–Crippen LogP) is 9.60. The summed E-state index contributed by atoms with van der Waals surface area (Å²) < 4.78 is 0. The van der Waals surface area contributed by atoms with E-state index in [1.807, 2.05) is 0 Å². The van der Waals surface area contributed by atoms with Gasteiger partial charge in [0, 0.05) is 17.3 Å². The van der Waals surface area contributed by atoms with Gasteiger partial charge in [0.2, 0.25) is 0 Å². The Balaban J connectivity index is 1.57. The fourth-order valence-electron chi connectivity index (χ4n) is 7.72. The number of benzene rings is 6. The minimum Gasteiger partial charge on any atom is -0.0622 e. The van der Waals surface area contributed by atoms with Crippen molar-refractivity contribution in [1.29, 1.82) is 0 Å². The smallest absolute Gasteiger partial charge is 0.0421 e. The molecule has 0 aliphatic heterocycles. The molecule has 2 aliphatic carbocycles. The normalized spacial score (nSPS) is 13.9. The molecular formula is C39H28. The van der Waals surface area contributed by atoms with Crippen LogP contribution in [0.2, 0.25) is 0 Å². The van der Waals surface area contributed by atoms with Gasteiger partial charge >= 0.3 is 0 Å². The lowest BCUT2D eigenvalue weighted by molar-refractivity contribution is 0.410. The van der Waals surface area contributed by atoms with Gasteiger partial charge in [-0.2, -0.15) is 0 Å². The Morgan fingerprint density at radius 3 is 0.846 bits per heavy atom. The summed E-state index contributed by atoms with van der Waals surface area (Å²) in [5.41, 5.74) is 13.4. The Labute approximate surface area is 230 Å². The maximum absolute atomic E-state index is 2.37. The molecule has 184 valence electrons. The summed E-state index contributed by atoms with van der Waals surface area (Å²) >= 11 is 0. The lowest BCUT2D eigenvalue weighted by Gasteiger charge is -2.47. The molecule has 39 heavy (non-hydrogen) atoms. The number of hydrogen-bond acceptors (Lipinski definition) is 0. The average molecular weight is 497 g/mol. The lowest BCUT2D eigenvalue weighted by atomic mass is 9.54. The number of hydrogen-bond donors (Lipinski definition) is 0. The second-order valence-corrected chi connectivity index (χ2v) is 10.8. The van der Waals surface area contributed by atoms with E-state index in [0.29, 0.717) is 0 Å². The number of rotatable bonds is 4. The van der Waals surface area contributed by atoms with E-state index in [1.165, 1.54) is 55.6 Å². The molecule has 0 radical (unpaired) electrons. The van der Waals surface area contributed by atoms with Crippen LogP contribution in [0.15, 0.2) is 158 Å². The van der Waals surface area contributed by atoms with Crippen LogP contribution in [0.1, 0.15) is 45.2 Å². The van der Waals surface area contributed by atoms with Crippen molar-refractivity contribution in [3.63, 3.8) is 0 Å². The van der Waals surface area contributed by atoms with Gasteiger partial charge in [-0.3, -0.25) is 0 Å². The Bertz CT molecular complexity index is 1590. The SMILES string of the molecule is c1ccc(C(c2ccccc2)(C2c3ccccc3-c3ccccc32)C2c3ccccc3-c3ccccc32)cc1. The van der Waals surface area contributed by atoms with Gasteiger partial charge in [0.25, 0.3) is 0 Å². The van der Waals surface area contributed by atoms with Gasteiger partial charge in [-0.25, -0.2) is 0 Å². The van der Waals surface area contributed by atoms with Crippen LogP contribution in [0, 0.1) is 0 Å². The van der Waals surface area contributed by atoms with Crippen molar-refractivity contribution in [3.05, 3.63) is 191 Å². The van der Waals surface area contributed by atoms with Crippen molar-refractivity contribution in [3.8, 4) is 22.3 Å². The van der Waals surface area contributed by atoms with E-state index >= 15 is 0 Å². The highest BCUT2D eigenvalue weighted by atomic mass is 14.6. The van der Waals surface area contributed by atoms with E-state index in [0.717, 1.165) is 0 Å². The molecule has 0 atom stereocenters. The van der Waals surface area contributed by atoms with Crippen LogP contribution in [0.25, 0.3) is 22.3 Å². The van der Waals surface area contributed by atoms with Crippen LogP contribution < -0.4 is 0 Å². The maximum atomic E-state index is 2.37. The molecule has 0 N–H and O–H groups in total. The topological polar surface area (TPSA) is 0 Å². The molecule has 2 aliphatic rings. The van der Waals surface area contributed by atoms with E-state index in [9.17, 15) is 0 Å². The summed E-state index contributed by atoms with van der Waals surface area (Å²) in [5, 5.41) is 0. The van der Waals surface area contributed by atoms with Crippen LogP contribution in [0.5, 0.6) is 0 Å². The third-order valence-corrected chi connectivity index (χ3v) is 9.08. The van der Waals surface area contributed by atoms with Gasteiger partial charge < -0.3 is 0 Å². The van der Waals surface area contributed by atoms with Gasteiger partial charge in [-0.05, 0) is 55.6 Å². The second kappa shape index (κ2) is 8.68. The summed E-state index contributed by atoms with van der Waals surface area (Å²) in [6.45, 7) is 0. The van der Waals surface area contributed by atoms with Gasteiger partial charge in [0.15, 0.2) is 0 Å². The van der Waals surface area contributed by atoms with Crippen LogP contribution >= 0.6 is 0 Å². The summed E-state index contributed by atoms with van der Waals surface area (Å²) in [5.74, 6) is 0.276. The van der Waals surface area contributed by atoms with Crippen molar-refractivity contribution in [1.82, 2.24) is 0 Å². The minimum absolute atomic E-state index is 0.138. The van der Waals surface area contributed by atoms with E-state index in [2.05, 4.69) is 158 Å². The second-order valence-electron chi connectivity index (χ2n) is 10.8. The molecular weight excluding hydrogens is 468 g/mol. The van der Waals surface area contributed by atoms with Crippen molar-refractivity contribution >= 4 is 0 Å². The molecule has 0 bridgehead atoms. The molecule has 0 amide bonds. The fraction of sp³-hybridized carbons (Fsp3) is 0.0769. The molecule has 0 unspecified atom stereocenters. The summed E-state index contributed by atoms with van der Waals surface area (Å²) in [7, 11) is 0. The highest BCUT2D eigenvalue weighted by Gasteiger charge is 2.55. The maximum Gasteiger partial charge on any atom is 0.0421 e. The van der Waals surface area contributed by atoms with Gasteiger partial charge in [-0.15, -0.1) is 0 Å². The summed E-state index contributed by atoms with van der Waals surface area (Å²) in [4.78, 5) is 0. The van der Waals surface area contributed by atoms with Gasteiger partial charge in [-0.1, -0.05) is 158 Å². The molecule has 0 saturated carbocycles. The monoisotopic (exact) mass is 496 g/mol. The molecule has 8 rings (SSSR count). The lowest BCUT2D eigenvalue weighted by Crippen LogP contribution is -2.41. The van der Waals surface area contributed by atoms with Crippen LogP contribution in [-0.4, -0.2) is 0 Å². The van der Waals surface area contributed by atoms with E-state index in [4.69, 9.17) is 0 Å². The number of fused-ring (bicyclic) bond motifs is 6. The fourth-order valence-corrected chi connectivity index (χ4v) is 7.72. The van der Waals surface area contributed by atoms with Crippen molar-refractivity contribution in [2.75, 3.05) is 0 Å². The molecule has 6 aromatic rings. The third-order valence-electron chi connectivity index (χ3n) is 9.08. The van der Waals surface area contributed by atoms with Crippen LogP contribution in [-0.2, 0) is 5.41 Å². The molecule has 0 saturated heterocycles. The first-order valence-corrected chi connectivity index (χ1v) is 13.9. The van der Waals surface area contributed by atoms with E-state index in [-0.39, 0.29) is 17.3 Å². The Hall–Kier alpha value is -4.68. The Morgan fingerprint density at radius 1 is 0.282 bits per heavy atom. The molecule has 0 heterocycles. The van der Waals surface area contributed by atoms with Gasteiger partial charge in [0.1, 0.15) is 0 Å². The largest absolute Gasteiger partial charge is 0.0622 e. The third kappa shape index (κ3) is 3.06. The molecule has 0 nitrogen and oxygen atoms in total. The first kappa shape index (κ1) is 22.3. The van der Waals surface area contributed by atoms with Crippen molar-refractivity contribution in [2.45, 2.75) is 17.3 Å². The van der Waals surface area contributed by atoms with E-state index < -0.39 is 0 Å². The Kier molecular flexibility index (Phi) is 4.97. The average Bonchev–Trinajstić information content (AvgIpc) is 3.53. The van der Waals surface area contributed by atoms with Crippen LogP contribution in [0.4, 0.5) is 0 Å². The standard InChI is InChI=1S/C39H28/c1-3-15-27(16-4-1)39(28-17-5-2-6-18-28,37-33-23-11-7-19-29(33)30-20-8-12-24-34(30)37)38-35-25-13-9-21-31(35)32-22-10-14-26-36(32)38/h1-26,37-38H. The summed E-state index contributed by atoms with van der Waals surface area (Å²) in [6.07, 6.45) is 0. The highest BCUT2D eigenvalue weighted by molar-refractivity contribution is 5.84. The zero-order chi connectivity index (χ0) is 25.8. The Morgan fingerprint density at radius 2 is 0.538 bits per heavy atom. The summed E-state index contributed by atoms with van der Waals surface area (Å²) in [6, 6.07) is 58.9. The molecule has 0 fully saturated rings. The zero-order valence-corrected chi connectivity index (χ0v) is 21.7. The van der Waals surface area contributed by atoms with Crippen molar-refractivity contribution < 1.29 is 0 Å². The quantitative estimate of drug-likeness (QED) is 0.228. The first-order chi connectivity index (χ1) is 19.4. The zero-order valence-electron chi connectivity index (χ0n) is 21.7. The highest BCUT2D eigenvalue weighted by Crippen LogP contribution is 2.65. The first-order valence-electron chi connectivity index (χ1n) is 13.9. The minimum atomic E-state index is -0.381. The van der Waals surface area contributed by atoms with Crippen LogP contribution in [0.3, 0.4) is 0 Å². The van der Waals surface area contributed by atoms with E-state index in [1.54, 1.807) is 0 Å². The molecule has 6 aromatic carbocycles. The molecule has 0 spiro atoms. The predicted molar refractivity (Wildman–Crippen MR) is 161 cm³/mol. The molecule has 0 aromatic heterocycles. The molecule has 0 heteroatoms. The van der Waals surface area contributed by atoms with Gasteiger partial charge in [0.05, 0.1) is 0 Å². The van der Waals surface area contributed by atoms with Crippen molar-refractivity contribution in [2.24, 2.45) is 0 Å².